The van der Waals surface area contributed by atoms with Gasteiger partial charge in [0.1, 0.15) is 5.82 Å². The molecule has 1 aromatic heterocycles. The van der Waals surface area contributed by atoms with E-state index >= 15 is 0 Å². The highest BCUT2D eigenvalue weighted by molar-refractivity contribution is 6.31. The highest BCUT2D eigenvalue weighted by Gasteiger charge is 2.00. The van der Waals surface area contributed by atoms with Crippen LogP contribution >= 0.6 is 11.6 Å². The Kier molecular flexibility index (Phi) is 2.27. The molecule has 3 nitrogen and oxygen atoms in total. The van der Waals surface area contributed by atoms with Gasteiger partial charge in [-0.05, 0) is 30.3 Å². The molecule has 2 N–H and O–H groups in total. The molecule has 0 aliphatic carbocycles. The summed E-state index contributed by atoms with van der Waals surface area (Å²) in [6.45, 7) is 0. The molecule has 4 heteroatoms. The number of aromatic nitrogens is 1. The van der Waals surface area contributed by atoms with Gasteiger partial charge in [0.25, 0.3) is 0 Å². The lowest BCUT2D eigenvalue weighted by Gasteiger charge is -2.10. The summed E-state index contributed by atoms with van der Waals surface area (Å²) in [6.07, 6.45) is 0. The molecule has 0 fully saturated rings. The van der Waals surface area contributed by atoms with E-state index in [2.05, 4.69) is 4.98 Å². The van der Waals surface area contributed by atoms with E-state index in [9.17, 15) is 0 Å². The SMILES string of the molecule is CN(N)c1ccc2cc(Cl)ccc2n1. The zero-order valence-electron chi connectivity index (χ0n) is 7.74. The number of nitrogens with two attached hydrogens (primary N) is 1. The molecule has 1 aromatic carbocycles. The minimum Gasteiger partial charge on any atom is -0.298 e. The fourth-order valence-corrected chi connectivity index (χ4v) is 1.46. The smallest absolute Gasteiger partial charge is 0.142 e. The normalized spacial score (nSPS) is 10.5. The van der Waals surface area contributed by atoms with Gasteiger partial charge in [-0.3, -0.25) is 5.01 Å². The minimum absolute atomic E-state index is 0.716. The number of hydrogen-bond donors (Lipinski definition) is 1. The molecule has 0 radical (unpaired) electrons. The number of anilines is 1. The Morgan fingerprint density at radius 3 is 2.79 bits per heavy atom. The van der Waals surface area contributed by atoms with Gasteiger partial charge in [-0.25, -0.2) is 10.8 Å². The van der Waals surface area contributed by atoms with Crippen LogP contribution in [-0.4, -0.2) is 12.0 Å². The number of halogens is 1. The second kappa shape index (κ2) is 3.44. The number of benzene rings is 1. The van der Waals surface area contributed by atoms with Crippen LogP contribution in [0.1, 0.15) is 0 Å². The summed E-state index contributed by atoms with van der Waals surface area (Å²) in [7, 11) is 1.75. The lowest BCUT2D eigenvalue weighted by molar-refractivity contribution is 0.986. The van der Waals surface area contributed by atoms with Crippen LogP contribution in [-0.2, 0) is 0 Å². The Balaban J connectivity index is 2.62. The Labute approximate surface area is 87.1 Å². The molecule has 0 saturated heterocycles. The van der Waals surface area contributed by atoms with Crippen molar-refractivity contribution >= 4 is 28.3 Å². The number of fused-ring (bicyclic) bond motifs is 1. The van der Waals surface area contributed by atoms with Gasteiger partial charge in [0.05, 0.1) is 5.52 Å². The van der Waals surface area contributed by atoms with Gasteiger partial charge >= 0.3 is 0 Å². The van der Waals surface area contributed by atoms with Gasteiger partial charge in [0.2, 0.25) is 0 Å². The summed E-state index contributed by atoms with van der Waals surface area (Å²) < 4.78 is 0. The lowest BCUT2D eigenvalue weighted by atomic mass is 10.2. The molecule has 1 heterocycles. The first-order chi connectivity index (χ1) is 6.66. The van der Waals surface area contributed by atoms with Crippen molar-refractivity contribution in [3.8, 4) is 0 Å². The fraction of sp³-hybridized carbons (Fsp3) is 0.100. The highest BCUT2D eigenvalue weighted by atomic mass is 35.5. The molecule has 0 amide bonds. The molecular weight excluding hydrogens is 198 g/mol. The van der Waals surface area contributed by atoms with E-state index < -0.39 is 0 Å². The third kappa shape index (κ3) is 1.64. The van der Waals surface area contributed by atoms with Gasteiger partial charge in [-0.2, -0.15) is 0 Å². The van der Waals surface area contributed by atoms with Crippen LogP contribution < -0.4 is 10.9 Å². The van der Waals surface area contributed by atoms with Crippen molar-refractivity contribution in [3.63, 3.8) is 0 Å². The van der Waals surface area contributed by atoms with Gasteiger partial charge in [0, 0.05) is 17.5 Å². The van der Waals surface area contributed by atoms with Crippen LogP contribution in [0.4, 0.5) is 5.82 Å². The average Bonchev–Trinajstić information content (AvgIpc) is 2.16. The molecule has 0 bridgehead atoms. The Morgan fingerprint density at radius 1 is 1.29 bits per heavy atom. The summed E-state index contributed by atoms with van der Waals surface area (Å²) in [6, 6.07) is 9.39. The third-order valence-electron chi connectivity index (χ3n) is 2.00. The second-order valence-electron chi connectivity index (χ2n) is 3.12. The van der Waals surface area contributed by atoms with E-state index in [1.165, 1.54) is 5.01 Å². The van der Waals surface area contributed by atoms with Crippen LogP contribution in [0.25, 0.3) is 10.9 Å². The first kappa shape index (κ1) is 9.24. The number of hydrazine groups is 1. The summed E-state index contributed by atoms with van der Waals surface area (Å²) in [5.41, 5.74) is 0.893. The molecule has 0 saturated carbocycles. The monoisotopic (exact) mass is 207 g/mol. The van der Waals surface area contributed by atoms with E-state index in [1.807, 2.05) is 30.3 Å². The maximum atomic E-state index is 5.86. The van der Waals surface area contributed by atoms with Gasteiger partial charge < -0.3 is 0 Å². The second-order valence-corrected chi connectivity index (χ2v) is 3.55. The molecule has 0 spiro atoms. The summed E-state index contributed by atoms with van der Waals surface area (Å²) >= 11 is 5.86. The van der Waals surface area contributed by atoms with Gasteiger partial charge in [-0.15, -0.1) is 0 Å². The van der Waals surface area contributed by atoms with Crippen molar-refractivity contribution in [2.75, 3.05) is 12.1 Å². The zero-order valence-corrected chi connectivity index (χ0v) is 8.49. The van der Waals surface area contributed by atoms with Gasteiger partial charge in [-0.1, -0.05) is 11.6 Å². The van der Waals surface area contributed by atoms with Crippen molar-refractivity contribution in [1.29, 1.82) is 0 Å². The first-order valence-electron chi connectivity index (χ1n) is 4.21. The maximum absolute atomic E-state index is 5.86. The van der Waals surface area contributed by atoms with Crippen LogP contribution in [0.15, 0.2) is 30.3 Å². The minimum atomic E-state index is 0.716. The third-order valence-corrected chi connectivity index (χ3v) is 2.23. The topological polar surface area (TPSA) is 42.1 Å². The largest absolute Gasteiger partial charge is 0.298 e. The average molecular weight is 208 g/mol. The van der Waals surface area contributed by atoms with E-state index in [-0.39, 0.29) is 0 Å². The predicted molar refractivity (Wildman–Crippen MR) is 59.3 cm³/mol. The van der Waals surface area contributed by atoms with E-state index in [1.54, 1.807) is 7.05 Å². The first-order valence-corrected chi connectivity index (χ1v) is 4.59. The number of nitrogens with zero attached hydrogens (tertiary/aromatic N) is 2. The Bertz CT molecular complexity index is 468. The van der Waals surface area contributed by atoms with Crippen molar-refractivity contribution in [1.82, 2.24) is 4.98 Å². The molecule has 0 atom stereocenters. The molecular formula is C10H10ClN3. The molecule has 0 unspecified atom stereocenters. The van der Waals surface area contributed by atoms with Crippen LogP contribution in [0, 0.1) is 0 Å². The van der Waals surface area contributed by atoms with E-state index in [0.717, 1.165) is 16.7 Å². The van der Waals surface area contributed by atoms with Crippen molar-refractivity contribution in [3.05, 3.63) is 35.4 Å². The number of pyridine rings is 1. The standard InChI is InChI=1S/C10H10ClN3/c1-14(12)10-5-2-7-6-8(11)3-4-9(7)13-10/h2-6H,12H2,1H3. The van der Waals surface area contributed by atoms with Crippen molar-refractivity contribution in [2.45, 2.75) is 0 Å². The van der Waals surface area contributed by atoms with Crippen molar-refractivity contribution < 1.29 is 0 Å². The number of rotatable bonds is 1. The van der Waals surface area contributed by atoms with Crippen LogP contribution in [0.3, 0.4) is 0 Å². The Hall–Kier alpha value is -1.32. The zero-order chi connectivity index (χ0) is 10.1. The van der Waals surface area contributed by atoms with Crippen molar-refractivity contribution in [2.24, 2.45) is 5.84 Å². The molecule has 2 rings (SSSR count). The van der Waals surface area contributed by atoms with E-state index in [4.69, 9.17) is 17.4 Å². The van der Waals surface area contributed by atoms with Crippen LogP contribution in [0.2, 0.25) is 5.02 Å². The summed E-state index contributed by atoms with van der Waals surface area (Å²) in [5, 5.41) is 3.21. The summed E-state index contributed by atoms with van der Waals surface area (Å²) in [4.78, 5) is 4.36. The molecule has 72 valence electrons. The quantitative estimate of drug-likeness (QED) is 0.576. The predicted octanol–water partition coefficient (Wildman–Crippen LogP) is 2.20. The molecule has 2 aromatic rings. The maximum Gasteiger partial charge on any atom is 0.142 e. The highest BCUT2D eigenvalue weighted by Crippen LogP contribution is 2.19. The lowest BCUT2D eigenvalue weighted by Crippen LogP contribution is -2.25. The molecule has 0 aliphatic rings. The van der Waals surface area contributed by atoms with Gasteiger partial charge in [0.15, 0.2) is 0 Å². The Morgan fingerprint density at radius 2 is 2.07 bits per heavy atom. The van der Waals surface area contributed by atoms with Crippen LogP contribution in [0.5, 0.6) is 0 Å². The number of hydrogen-bond acceptors (Lipinski definition) is 3. The van der Waals surface area contributed by atoms with E-state index in [0.29, 0.717) is 5.02 Å². The molecule has 14 heavy (non-hydrogen) atoms. The summed E-state index contributed by atoms with van der Waals surface area (Å²) in [5.74, 6) is 6.32. The fourth-order valence-electron chi connectivity index (χ4n) is 1.28. The molecule has 0 aliphatic heterocycles.